The zero-order valence-electron chi connectivity index (χ0n) is 16.3. The van der Waals surface area contributed by atoms with E-state index in [9.17, 15) is 4.79 Å². The van der Waals surface area contributed by atoms with E-state index < -0.39 is 0 Å². The van der Waals surface area contributed by atoms with Crippen molar-refractivity contribution in [1.29, 1.82) is 0 Å². The Morgan fingerprint density at radius 1 is 0.900 bits per heavy atom. The third-order valence-corrected chi connectivity index (χ3v) is 6.33. The van der Waals surface area contributed by atoms with E-state index in [2.05, 4.69) is 39.0 Å². The average Bonchev–Trinajstić information content (AvgIpc) is 3.23. The Labute approximate surface area is 183 Å². The summed E-state index contributed by atoms with van der Waals surface area (Å²) in [6.45, 7) is 2.00. The van der Waals surface area contributed by atoms with Gasteiger partial charge in [0.05, 0.1) is 0 Å². The van der Waals surface area contributed by atoms with E-state index in [1.165, 1.54) is 16.9 Å². The lowest BCUT2D eigenvalue weighted by molar-refractivity contribution is 0.262. The van der Waals surface area contributed by atoms with Gasteiger partial charge in [0, 0.05) is 21.9 Å². The lowest BCUT2D eigenvalue weighted by Crippen LogP contribution is -2.19. The van der Waals surface area contributed by atoms with Crippen molar-refractivity contribution in [2.24, 2.45) is 0 Å². The van der Waals surface area contributed by atoms with E-state index >= 15 is 0 Å². The first kappa shape index (κ1) is 20.1. The third-order valence-electron chi connectivity index (χ3n) is 4.31. The number of amides is 2. The number of thioether (sulfide) groups is 1. The summed E-state index contributed by atoms with van der Waals surface area (Å²) in [5.41, 5.74) is 4.15. The predicted molar refractivity (Wildman–Crippen MR) is 125 cm³/mol. The fraction of sp³-hybridized carbons (Fsp3) is 0.0870. The van der Waals surface area contributed by atoms with Gasteiger partial charge in [-0.25, -0.2) is 4.79 Å². The van der Waals surface area contributed by atoms with Gasteiger partial charge in [0.1, 0.15) is 0 Å². The second kappa shape index (κ2) is 9.56. The molecule has 0 saturated carbocycles. The van der Waals surface area contributed by atoms with Crippen LogP contribution in [0.4, 0.5) is 15.6 Å². The van der Waals surface area contributed by atoms with E-state index in [4.69, 9.17) is 0 Å². The van der Waals surface area contributed by atoms with Crippen LogP contribution in [0, 0.1) is 6.92 Å². The van der Waals surface area contributed by atoms with Crippen LogP contribution in [0.15, 0.2) is 83.8 Å². The van der Waals surface area contributed by atoms with Gasteiger partial charge >= 0.3 is 6.03 Å². The van der Waals surface area contributed by atoms with Crippen molar-refractivity contribution in [3.8, 4) is 10.6 Å². The molecule has 0 aliphatic rings. The molecular formula is C23H20N4OS2. The van der Waals surface area contributed by atoms with Gasteiger partial charge in [-0.05, 0) is 30.7 Å². The third kappa shape index (κ3) is 5.25. The number of nitrogens with zero attached hydrogens (tertiary/aromatic N) is 2. The monoisotopic (exact) mass is 432 g/mol. The quantitative estimate of drug-likeness (QED) is 0.344. The van der Waals surface area contributed by atoms with E-state index in [0.717, 1.165) is 32.5 Å². The van der Waals surface area contributed by atoms with Gasteiger partial charge < -0.3 is 5.32 Å². The molecule has 0 aliphatic heterocycles. The summed E-state index contributed by atoms with van der Waals surface area (Å²) in [5, 5.41) is 15.2. The van der Waals surface area contributed by atoms with Gasteiger partial charge in [0.25, 0.3) is 0 Å². The maximum Gasteiger partial charge on any atom is 0.325 e. The molecule has 0 spiro atoms. The highest BCUT2D eigenvalue weighted by atomic mass is 32.2. The maximum atomic E-state index is 12.3. The molecule has 2 amide bonds. The van der Waals surface area contributed by atoms with Crippen LogP contribution in [0.5, 0.6) is 0 Å². The number of hydrogen-bond donors (Lipinski definition) is 2. The number of hydrogen-bond acceptors (Lipinski definition) is 5. The van der Waals surface area contributed by atoms with Gasteiger partial charge in [-0.1, -0.05) is 77.6 Å². The molecule has 30 heavy (non-hydrogen) atoms. The minimum atomic E-state index is -0.340. The molecule has 7 heteroatoms. The number of aromatic nitrogens is 2. The summed E-state index contributed by atoms with van der Waals surface area (Å²) in [4.78, 5) is 13.4. The molecule has 0 bridgehead atoms. The van der Waals surface area contributed by atoms with Crippen LogP contribution in [-0.4, -0.2) is 16.2 Å². The predicted octanol–water partition coefficient (Wildman–Crippen LogP) is 6.45. The SMILES string of the molecule is Cc1ccc(NC(=O)Nc2nnc(-c3ccccc3SCc3ccccc3)s2)cc1. The lowest BCUT2D eigenvalue weighted by atomic mass is 10.2. The van der Waals surface area contributed by atoms with Gasteiger partial charge in [-0.2, -0.15) is 0 Å². The van der Waals surface area contributed by atoms with Crippen LogP contribution in [0.25, 0.3) is 10.6 Å². The summed E-state index contributed by atoms with van der Waals surface area (Å²) in [6, 6.07) is 25.8. The van der Waals surface area contributed by atoms with Gasteiger partial charge in [0.2, 0.25) is 5.13 Å². The molecule has 5 nitrogen and oxygen atoms in total. The van der Waals surface area contributed by atoms with E-state index in [1.807, 2.05) is 67.6 Å². The normalized spacial score (nSPS) is 10.6. The van der Waals surface area contributed by atoms with Crippen LogP contribution in [-0.2, 0) is 5.75 Å². The van der Waals surface area contributed by atoms with Crippen molar-refractivity contribution >= 4 is 39.9 Å². The van der Waals surface area contributed by atoms with Crippen LogP contribution in [0.2, 0.25) is 0 Å². The minimum Gasteiger partial charge on any atom is -0.308 e. The first-order chi connectivity index (χ1) is 14.7. The molecule has 150 valence electrons. The maximum absolute atomic E-state index is 12.3. The molecule has 4 aromatic rings. The zero-order chi connectivity index (χ0) is 20.8. The zero-order valence-corrected chi connectivity index (χ0v) is 18.0. The van der Waals surface area contributed by atoms with Crippen LogP contribution < -0.4 is 10.6 Å². The Balaban J connectivity index is 1.43. The van der Waals surface area contributed by atoms with Crippen LogP contribution in [0.1, 0.15) is 11.1 Å². The number of urea groups is 1. The number of carbonyl (C=O) groups excluding carboxylic acids is 1. The summed E-state index contributed by atoms with van der Waals surface area (Å²) >= 11 is 3.12. The number of rotatable bonds is 6. The van der Waals surface area contributed by atoms with Crippen LogP contribution >= 0.6 is 23.1 Å². The van der Waals surface area contributed by atoms with Crippen molar-refractivity contribution in [1.82, 2.24) is 10.2 Å². The fourth-order valence-electron chi connectivity index (χ4n) is 2.78. The average molecular weight is 433 g/mol. The smallest absolute Gasteiger partial charge is 0.308 e. The molecule has 1 heterocycles. The van der Waals surface area contributed by atoms with E-state index in [-0.39, 0.29) is 6.03 Å². The standard InChI is InChI=1S/C23H20N4OS2/c1-16-11-13-18(14-12-16)24-22(28)25-23-27-26-21(30-23)19-9-5-6-10-20(19)29-15-17-7-3-2-4-8-17/h2-14H,15H2,1H3,(H2,24,25,27,28). The van der Waals surface area contributed by atoms with Crippen molar-refractivity contribution in [2.75, 3.05) is 10.6 Å². The summed E-state index contributed by atoms with van der Waals surface area (Å²) in [7, 11) is 0. The summed E-state index contributed by atoms with van der Waals surface area (Å²) in [5.74, 6) is 0.876. The molecule has 0 saturated heterocycles. The number of benzene rings is 3. The number of carbonyl (C=O) groups is 1. The van der Waals surface area contributed by atoms with Crippen molar-refractivity contribution in [3.63, 3.8) is 0 Å². The van der Waals surface area contributed by atoms with Gasteiger partial charge in [-0.15, -0.1) is 22.0 Å². The summed E-state index contributed by atoms with van der Waals surface area (Å²) < 4.78 is 0. The summed E-state index contributed by atoms with van der Waals surface area (Å²) in [6.07, 6.45) is 0. The fourth-order valence-corrected chi connectivity index (χ4v) is 4.64. The van der Waals surface area contributed by atoms with Gasteiger partial charge in [-0.3, -0.25) is 5.32 Å². The molecule has 0 unspecified atom stereocenters. The van der Waals surface area contributed by atoms with Crippen molar-refractivity contribution < 1.29 is 4.79 Å². The molecule has 0 radical (unpaired) electrons. The molecule has 0 aliphatic carbocycles. The Kier molecular flexibility index (Phi) is 6.41. The molecular weight excluding hydrogens is 412 g/mol. The van der Waals surface area contributed by atoms with Crippen LogP contribution in [0.3, 0.4) is 0 Å². The second-order valence-corrected chi connectivity index (χ2v) is 8.62. The number of aryl methyl sites for hydroxylation is 1. The van der Waals surface area contributed by atoms with Gasteiger partial charge in [0.15, 0.2) is 5.01 Å². The Morgan fingerprint density at radius 3 is 2.43 bits per heavy atom. The highest BCUT2D eigenvalue weighted by Gasteiger charge is 2.13. The van der Waals surface area contributed by atoms with Crippen molar-refractivity contribution in [2.45, 2.75) is 17.6 Å². The second-order valence-electron chi connectivity index (χ2n) is 6.63. The highest BCUT2D eigenvalue weighted by Crippen LogP contribution is 2.35. The first-order valence-electron chi connectivity index (χ1n) is 9.42. The topological polar surface area (TPSA) is 66.9 Å². The van der Waals surface area contributed by atoms with E-state index in [0.29, 0.717) is 5.13 Å². The molecule has 0 fully saturated rings. The molecule has 1 aromatic heterocycles. The molecule has 3 aromatic carbocycles. The van der Waals surface area contributed by atoms with Crippen molar-refractivity contribution in [3.05, 3.63) is 90.0 Å². The lowest BCUT2D eigenvalue weighted by Gasteiger charge is -2.06. The molecule has 4 rings (SSSR count). The Bertz CT molecular complexity index is 1130. The Morgan fingerprint density at radius 2 is 1.63 bits per heavy atom. The molecule has 0 atom stereocenters. The largest absolute Gasteiger partial charge is 0.325 e. The minimum absolute atomic E-state index is 0.340. The first-order valence-corrected chi connectivity index (χ1v) is 11.2. The highest BCUT2D eigenvalue weighted by molar-refractivity contribution is 7.98. The van der Waals surface area contributed by atoms with E-state index in [1.54, 1.807) is 11.8 Å². The number of anilines is 2. The Hall–Kier alpha value is -3.16. The molecule has 2 N–H and O–H groups in total. The number of nitrogens with one attached hydrogen (secondary N) is 2.